The monoisotopic (exact) mass is 347 g/mol. The summed E-state index contributed by atoms with van der Waals surface area (Å²) < 4.78 is 7.37. The van der Waals surface area contributed by atoms with Gasteiger partial charge in [-0.25, -0.2) is 4.68 Å². The summed E-state index contributed by atoms with van der Waals surface area (Å²) >= 11 is 5.95. The van der Waals surface area contributed by atoms with Gasteiger partial charge in [-0.1, -0.05) is 24.9 Å². The Hall–Kier alpha value is -1.85. The maximum Gasteiger partial charge on any atom is 0.254 e. The highest BCUT2D eigenvalue weighted by Gasteiger charge is 2.20. The van der Waals surface area contributed by atoms with E-state index in [1.54, 1.807) is 6.20 Å². The van der Waals surface area contributed by atoms with Gasteiger partial charge in [0.15, 0.2) is 0 Å². The minimum atomic E-state index is -0.0887. The average Bonchev–Trinajstić information content (AvgIpc) is 3.24. The molecule has 1 aromatic heterocycles. The predicted molar refractivity (Wildman–Crippen MR) is 93.9 cm³/mol. The van der Waals surface area contributed by atoms with E-state index in [2.05, 4.69) is 17.3 Å². The number of rotatable bonds is 6. The summed E-state index contributed by atoms with van der Waals surface area (Å²) in [6.45, 7) is 3.43. The highest BCUT2D eigenvalue weighted by atomic mass is 35.5. The van der Waals surface area contributed by atoms with Gasteiger partial charge in [0.25, 0.3) is 5.91 Å². The molecule has 0 radical (unpaired) electrons. The van der Waals surface area contributed by atoms with E-state index in [4.69, 9.17) is 16.3 Å². The van der Waals surface area contributed by atoms with E-state index in [9.17, 15) is 4.79 Å². The fourth-order valence-corrected chi connectivity index (χ4v) is 3.08. The molecule has 3 rings (SSSR count). The number of hydrogen-bond donors (Lipinski definition) is 1. The van der Waals surface area contributed by atoms with Crippen LogP contribution in [0.3, 0.4) is 0 Å². The van der Waals surface area contributed by atoms with Crippen molar-refractivity contribution < 1.29 is 9.53 Å². The third-order valence-electron chi connectivity index (χ3n) is 4.19. The maximum absolute atomic E-state index is 12.6. The molecule has 1 fully saturated rings. The van der Waals surface area contributed by atoms with Gasteiger partial charge < -0.3 is 10.1 Å². The summed E-state index contributed by atoms with van der Waals surface area (Å²) in [6, 6.07) is 7.46. The molecule has 6 heteroatoms. The van der Waals surface area contributed by atoms with Crippen molar-refractivity contribution >= 4 is 17.5 Å². The number of hydrogen-bond acceptors (Lipinski definition) is 3. The van der Waals surface area contributed by atoms with Gasteiger partial charge >= 0.3 is 0 Å². The molecule has 1 saturated heterocycles. The van der Waals surface area contributed by atoms with Crippen LogP contribution in [0.5, 0.6) is 0 Å². The number of carbonyl (C=O) groups excluding carboxylic acids is 1. The zero-order valence-electron chi connectivity index (χ0n) is 13.8. The zero-order chi connectivity index (χ0) is 16.9. The van der Waals surface area contributed by atoms with Crippen LogP contribution in [0.15, 0.2) is 30.5 Å². The lowest BCUT2D eigenvalue weighted by atomic mass is 10.1. The van der Waals surface area contributed by atoms with E-state index in [0.29, 0.717) is 17.1 Å². The Morgan fingerprint density at radius 1 is 1.42 bits per heavy atom. The highest BCUT2D eigenvalue weighted by molar-refractivity contribution is 6.30. The molecule has 2 heterocycles. The number of nitrogens with zero attached hydrogens (tertiary/aromatic N) is 2. The van der Waals surface area contributed by atoms with Crippen LogP contribution in [0.25, 0.3) is 5.69 Å². The second-order valence-corrected chi connectivity index (χ2v) is 6.42. The lowest BCUT2D eigenvalue weighted by Gasteiger charge is -2.12. The number of ether oxygens (including phenoxy) is 1. The molecule has 128 valence electrons. The van der Waals surface area contributed by atoms with Crippen LogP contribution in [0.2, 0.25) is 5.02 Å². The van der Waals surface area contributed by atoms with Crippen LogP contribution in [-0.2, 0) is 11.2 Å². The van der Waals surface area contributed by atoms with Crippen molar-refractivity contribution in [2.24, 2.45) is 0 Å². The van der Waals surface area contributed by atoms with Gasteiger partial charge in [0, 0.05) is 18.2 Å². The molecule has 0 saturated carbocycles. The standard InChI is InChI=1S/C18H22ClN3O2/c1-2-4-17-16(18(23)20-11-15-5-3-10-24-15)12-21-22(17)14-8-6-13(19)7-9-14/h6-9,12,15H,2-5,10-11H2,1H3,(H,20,23)/t15-/m0/s1. The predicted octanol–water partition coefficient (Wildman–Crippen LogP) is 3.39. The normalized spacial score (nSPS) is 17.2. The van der Waals surface area contributed by atoms with Crippen LogP contribution in [0, 0.1) is 0 Å². The van der Waals surface area contributed by atoms with Crippen molar-refractivity contribution in [3.8, 4) is 5.69 Å². The lowest BCUT2D eigenvalue weighted by Crippen LogP contribution is -2.32. The largest absolute Gasteiger partial charge is 0.376 e. The molecule has 1 N–H and O–H groups in total. The molecular weight excluding hydrogens is 326 g/mol. The third kappa shape index (κ3) is 3.79. The summed E-state index contributed by atoms with van der Waals surface area (Å²) in [5, 5.41) is 8.07. The van der Waals surface area contributed by atoms with E-state index in [-0.39, 0.29) is 12.0 Å². The molecule has 1 aromatic carbocycles. The number of amides is 1. The van der Waals surface area contributed by atoms with Crippen LogP contribution in [0.1, 0.15) is 42.2 Å². The molecule has 1 aliphatic rings. The van der Waals surface area contributed by atoms with Crippen molar-refractivity contribution in [3.05, 3.63) is 46.7 Å². The molecule has 0 aliphatic carbocycles. The quantitative estimate of drug-likeness (QED) is 0.871. The first kappa shape index (κ1) is 17.0. The molecule has 0 spiro atoms. The van der Waals surface area contributed by atoms with E-state index >= 15 is 0 Å². The Bertz CT molecular complexity index is 691. The number of aromatic nitrogens is 2. The second kappa shape index (κ2) is 7.81. The number of nitrogens with one attached hydrogen (secondary N) is 1. The summed E-state index contributed by atoms with van der Waals surface area (Å²) in [6.07, 6.45) is 5.57. The minimum Gasteiger partial charge on any atom is -0.376 e. The van der Waals surface area contributed by atoms with Crippen molar-refractivity contribution in [3.63, 3.8) is 0 Å². The summed E-state index contributed by atoms with van der Waals surface area (Å²) in [4.78, 5) is 12.6. The number of halogens is 1. The van der Waals surface area contributed by atoms with Crippen molar-refractivity contribution in [2.75, 3.05) is 13.2 Å². The van der Waals surface area contributed by atoms with Gasteiger partial charge in [0.1, 0.15) is 0 Å². The molecule has 1 amide bonds. The van der Waals surface area contributed by atoms with Crippen LogP contribution < -0.4 is 5.32 Å². The first-order valence-corrected chi connectivity index (χ1v) is 8.79. The molecular formula is C18H22ClN3O2. The molecule has 1 aliphatic heterocycles. The van der Waals surface area contributed by atoms with Gasteiger partial charge in [-0.2, -0.15) is 5.10 Å². The van der Waals surface area contributed by atoms with Gasteiger partial charge in [0.2, 0.25) is 0 Å². The number of carbonyl (C=O) groups is 1. The number of benzene rings is 1. The SMILES string of the molecule is CCCc1c(C(=O)NC[C@@H]2CCCO2)cnn1-c1ccc(Cl)cc1. The first-order valence-electron chi connectivity index (χ1n) is 8.41. The Kier molecular flexibility index (Phi) is 5.53. The fraction of sp³-hybridized carbons (Fsp3) is 0.444. The van der Waals surface area contributed by atoms with Crippen LogP contribution in [-0.4, -0.2) is 34.9 Å². The highest BCUT2D eigenvalue weighted by Crippen LogP contribution is 2.19. The molecule has 1 atom stereocenters. The van der Waals surface area contributed by atoms with Crippen LogP contribution in [0.4, 0.5) is 0 Å². The van der Waals surface area contributed by atoms with Crippen molar-refractivity contribution in [1.29, 1.82) is 0 Å². The molecule has 24 heavy (non-hydrogen) atoms. The average molecular weight is 348 g/mol. The Labute approximate surface area is 147 Å². The summed E-state index contributed by atoms with van der Waals surface area (Å²) in [5.74, 6) is -0.0887. The summed E-state index contributed by atoms with van der Waals surface area (Å²) in [7, 11) is 0. The molecule has 0 bridgehead atoms. The third-order valence-corrected chi connectivity index (χ3v) is 4.44. The molecule has 5 nitrogen and oxygen atoms in total. The fourth-order valence-electron chi connectivity index (χ4n) is 2.95. The van der Waals surface area contributed by atoms with E-state index in [1.807, 2.05) is 28.9 Å². The van der Waals surface area contributed by atoms with E-state index in [1.165, 1.54) is 0 Å². The van der Waals surface area contributed by atoms with Gasteiger partial charge in [-0.15, -0.1) is 0 Å². The second-order valence-electron chi connectivity index (χ2n) is 5.99. The molecule has 0 unspecified atom stereocenters. The Morgan fingerprint density at radius 3 is 2.88 bits per heavy atom. The maximum atomic E-state index is 12.6. The topological polar surface area (TPSA) is 56.1 Å². The zero-order valence-corrected chi connectivity index (χ0v) is 14.6. The molecule has 2 aromatic rings. The van der Waals surface area contributed by atoms with E-state index in [0.717, 1.165) is 43.7 Å². The minimum absolute atomic E-state index is 0.0887. The first-order chi connectivity index (χ1) is 11.7. The van der Waals surface area contributed by atoms with Gasteiger partial charge in [0.05, 0.1) is 29.2 Å². The van der Waals surface area contributed by atoms with Crippen molar-refractivity contribution in [1.82, 2.24) is 15.1 Å². The van der Waals surface area contributed by atoms with Crippen molar-refractivity contribution in [2.45, 2.75) is 38.7 Å². The van der Waals surface area contributed by atoms with Crippen LogP contribution >= 0.6 is 11.6 Å². The Balaban J connectivity index is 1.79. The van der Waals surface area contributed by atoms with Gasteiger partial charge in [-0.05, 0) is 43.5 Å². The smallest absolute Gasteiger partial charge is 0.254 e. The Morgan fingerprint density at radius 2 is 2.21 bits per heavy atom. The van der Waals surface area contributed by atoms with E-state index < -0.39 is 0 Å². The van der Waals surface area contributed by atoms with Gasteiger partial charge in [-0.3, -0.25) is 4.79 Å². The lowest BCUT2D eigenvalue weighted by molar-refractivity contribution is 0.0857. The summed E-state index contributed by atoms with van der Waals surface area (Å²) in [5.41, 5.74) is 2.45.